The minimum atomic E-state index is -0.998. The maximum absolute atomic E-state index is 13.9. The maximum Gasteiger partial charge on any atom is 0.337 e. The number of hydrogen-bond acceptors (Lipinski definition) is 7. The molecule has 1 aliphatic heterocycles. The number of esters is 1. The molecule has 198 valence electrons. The number of furan rings is 1. The van der Waals surface area contributed by atoms with Gasteiger partial charge >= 0.3 is 5.97 Å². The van der Waals surface area contributed by atoms with Gasteiger partial charge in [0.15, 0.2) is 22.9 Å². The van der Waals surface area contributed by atoms with Crippen molar-refractivity contribution in [3.05, 3.63) is 106 Å². The van der Waals surface area contributed by atoms with Crippen LogP contribution in [0.5, 0.6) is 5.75 Å². The van der Waals surface area contributed by atoms with Gasteiger partial charge in [-0.25, -0.2) is 4.79 Å². The van der Waals surface area contributed by atoms with Crippen LogP contribution in [0.25, 0.3) is 11.0 Å². The zero-order chi connectivity index (χ0) is 27.8. The first-order chi connectivity index (χ1) is 18.8. The summed E-state index contributed by atoms with van der Waals surface area (Å²) >= 11 is 6.18. The molecule has 1 N–H and O–H groups in total. The van der Waals surface area contributed by atoms with Crippen LogP contribution in [0.4, 0.5) is 5.69 Å². The van der Waals surface area contributed by atoms with E-state index in [1.54, 1.807) is 42.5 Å². The number of hydrogen-bond donors (Lipinski definition) is 1. The number of fused-ring (bicyclic) bond motifs is 1. The van der Waals surface area contributed by atoms with Crippen molar-refractivity contribution in [3.8, 4) is 5.75 Å². The molecule has 0 aliphatic carbocycles. The molecular formula is C30H24ClNO7. The van der Waals surface area contributed by atoms with E-state index < -0.39 is 29.5 Å². The number of aliphatic hydroxyl groups is 1. The largest absolute Gasteiger partial charge is 0.503 e. The lowest BCUT2D eigenvalue weighted by Crippen LogP contribution is -2.31. The SMILES string of the molecule is CCc1ccc(C2C(C(=O)c3cc4cc(Cl)cc(OC)c4o3)=C(O)C(=O)N2c2cccc(C(=O)OC)c2)cc1. The fourth-order valence-corrected chi connectivity index (χ4v) is 4.95. The summed E-state index contributed by atoms with van der Waals surface area (Å²) in [5.74, 6) is -2.52. The van der Waals surface area contributed by atoms with E-state index in [9.17, 15) is 19.5 Å². The molecule has 1 atom stereocenters. The number of halogens is 1. The highest BCUT2D eigenvalue weighted by atomic mass is 35.5. The van der Waals surface area contributed by atoms with E-state index in [-0.39, 0.29) is 16.9 Å². The monoisotopic (exact) mass is 545 g/mol. The van der Waals surface area contributed by atoms with Crippen molar-refractivity contribution in [1.29, 1.82) is 0 Å². The fraction of sp³-hybridized carbons (Fsp3) is 0.167. The molecule has 2 heterocycles. The predicted molar refractivity (Wildman–Crippen MR) is 146 cm³/mol. The minimum Gasteiger partial charge on any atom is -0.503 e. The van der Waals surface area contributed by atoms with Crippen LogP contribution < -0.4 is 9.64 Å². The lowest BCUT2D eigenvalue weighted by molar-refractivity contribution is -0.117. The highest BCUT2D eigenvalue weighted by molar-refractivity contribution is 6.31. The molecule has 0 bridgehead atoms. The third kappa shape index (κ3) is 4.53. The summed E-state index contributed by atoms with van der Waals surface area (Å²) in [4.78, 5) is 40.9. The molecule has 0 saturated heterocycles. The first kappa shape index (κ1) is 26.1. The highest BCUT2D eigenvalue weighted by Crippen LogP contribution is 2.43. The van der Waals surface area contributed by atoms with Crippen molar-refractivity contribution >= 4 is 45.9 Å². The topological polar surface area (TPSA) is 106 Å². The van der Waals surface area contributed by atoms with E-state index in [0.29, 0.717) is 33.0 Å². The van der Waals surface area contributed by atoms with Crippen molar-refractivity contribution in [1.82, 2.24) is 0 Å². The second kappa shape index (κ2) is 10.3. The zero-order valence-electron chi connectivity index (χ0n) is 21.4. The molecule has 1 unspecified atom stereocenters. The molecule has 0 spiro atoms. The number of benzene rings is 3. The molecule has 5 rings (SSSR count). The molecule has 0 saturated carbocycles. The average molecular weight is 546 g/mol. The average Bonchev–Trinajstić information content (AvgIpc) is 3.50. The Kier molecular flexibility index (Phi) is 6.89. The fourth-order valence-electron chi connectivity index (χ4n) is 4.74. The van der Waals surface area contributed by atoms with Crippen LogP contribution in [-0.4, -0.2) is 37.0 Å². The second-order valence-electron chi connectivity index (χ2n) is 8.94. The Hall–Kier alpha value is -4.56. The molecule has 39 heavy (non-hydrogen) atoms. The Balaban J connectivity index is 1.66. The first-order valence-electron chi connectivity index (χ1n) is 12.1. The van der Waals surface area contributed by atoms with E-state index in [2.05, 4.69) is 0 Å². The number of amides is 1. The van der Waals surface area contributed by atoms with Gasteiger partial charge in [-0.3, -0.25) is 14.5 Å². The Labute approximate surface area is 229 Å². The second-order valence-corrected chi connectivity index (χ2v) is 9.38. The standard InChI is InChI=1S/C30H24ClNO7/c1-4-16-8-10-17(11-9-16)25-24(26(33)22-14-19-12-20(31)15-23(37-2)28(19)39-22)27(34)29(35)32(25)21-7-5-6-18(13-21)30(36)38-3/h5-15,25,34H,4H2,1-3H3. The Morgan fingerprint density at radius 3 is 2.46 bits per heavy atom. The zero-order valence-corrected chi connectivity index (χ0v) is 22.1. The molecule has 8 nitrogen and oxygen atoms in total. The van der Waals surface area contributed by atoms with Crippen LogP contribution in [-0.2, 0) is 16.0 Å². The summed E-state index contributed by atoms with van der Waals surface area (Å²) in [7, 11) is 2.71. The van der Waals surface area contributed by atoms with Crippen LogP contribution in [0.1, 0.15) is 45.0 Å². The molecule has 0 fully saturated rings. The third-order valence-corrected chi connectivity index (χ3v) is 6.91. The van der Waals surface area contributed by atoms with Crippen molar-refractivity contribution < 1.29 is 33.4 Å². The number of rotatable bonds is 7. The van der Waals surface area contributed by atoms with Crippen molar-refractivity contribution in [3.63, 3.8) is 0 Å². The summed E-state index contributed by atoms with van der Waals surface area (Å²) in [5, 5.41) is 12.0. The van der Waals surface area contributed by atoms with Gasteiger partial charge in [0.05, 0.1) is 31.4 Å². The normalized spacial score (nSPS) is 15.2. The number of ether oxygens (including phenoxy) is 2. The van der Waals surface area contributed by atoms with Gasteiger partial charge in [0.2, 0.25) is 5.78 Å². The molecule has 1 amide bonds. The Bertz CT molecular complexity index is 1650. The van der Waals surface area contributed by atoms with Crippen molar-refractivity contribution in [2.75, 3.05) is 19.1 Å². The van der Waals surface area contributed by atoms with Gasteiger partial charge in [0, 0.05) is 22.2 Å². The van der Waals surface area contributed by atoms with Gasteiger partial charge in [-0.1, -0.05) is 48.9 Å². The van der Waals surface area contributed by atoms with Gasteiger partial charge in [0.25, 0.3) is 5.91 Å². The smallest absolute Gasteiger partial charge is 0.337 e. The van der Waals surface area contributed by atoms with Gasteiger partial charge in [-0.15, -0.1) is 0 Å². The number of ketones is 1. The van der Waals surface area contributed by atoms with E-state index in [0.717, 1.165) is 12.0 Å². The highest BCUT2D eigenvalue weighted by Gasteiger charge is 2.45. The number of nitrogens with zero attached hydrogens (tertiary/aromatic N) is 1. The van der Waals surface area contributed by atoms with Crippen LogP contribution in [0.2, 0.25) is 5.02 Å². The van der Waals surface area contributed by atoms with Crippen LogP contribution in [0, 0.1) is 0 Å². The summed E-state index contributed by atoms with van der Waals surface area (Å²) in [5.41, 5.74) is 2.32. The molecule has 0 radical (unpaired) electrons. The Morgan fingerprint density at radius 1 is 1.05 bits per heavy atom. The lowest BCUT2D eigenvalue weighted by atomic mass is 9.93. The van der Waals surface area contributed by atoms with Crippen LogP contribution in [0.15, 0.2) is 82.5 Å². The quantitative estimate of drug-likeness (QED) is 0.217. The van der Waals surface area contributed by atoms with E-state index >= 15 is 0 Å². The molecular weight excluding hydrogens is 522 g/mol. The number of carbonyl (C=O) groups is 3. The summed E-state index contributed by atoms with van der Waals surface area (Å²) in [6.45, 7) is 2.02. The predicted octanol–water partition coefficient (Wildman–Crippen LogP) is 6.23. The third-order valence-electron chi connectivity index (χ3n) is 6.69. The molecule has 9 heteroatoms. The number of carbonyl (C=O) groups excluding carboxylic acids is 3. The van der Waals surface area contributed by atoms with E-state index in [4.69, 9.17) is 25.5 Å². The number of aryl methyl sites for hydroxylation is 1. The van der Waals surface area contributed by atoms with Crippen LogP contribution in [0.3, 0.4) is 0 Å². The minimum absolute atomic E-state index is 0.0970. The van der Waals surface area contributed by atoms with Gasteiger partial charge < -0.3 is 19.0 Å². The van der Waals surface area contributed by atoms with E-state index in [1.807, 2.05) is 19.1 Å². The number of aliphatic hydroxyl groups excluding tert-OH is 1. The molecule has 3 aromatic carbocycles. The number of methoxy groups -OCH3 is 2. The van der Waals surface area contributed by atoms with Gasteiger partial charge in [-0.2, -0.15) is 0 Å². The Morgan fingerprint density at radius 2 is 1.79 bits per heavy atom. The molecule has 1 aromatic heterocycles. The van der Waals surface area contributed by atoms with Crippen molar-refractivity contribution in [2.24, 2.45) is 0 Å². The molecule has 1 aliphatic rings. The molecule has 4 aromatic rings. The number of anilines is 1. The lowest BCUT2D eigenvalue weighted by Gasteiger charge is -2.27. The maximum atomic E-state index is 13.9. The summed E-state index contributed by atoms with van der Waals surface area (Å²) in [6, 6.07) is 17.3. The van der Waals surface area contributed by atoms with Gasteiger partial charge in [-0.05, 0) is 47.9 Å². The first-order valence-corrected chi connectivity index (χ1v) is 12.5. The summed E-state index contributed by atoms with van der Waals surface area (Å²) < 4.78 is 16.0. The number of Topliss-reactive ketones (excluding diaryl/α,β-unsaturated/α-hetero) is 1. The van der Waals surface area contributed by atoms with E-state index in [1.165, 1.54) is 31.3 Å². The van der Waals surface area contributed by atoms with Crippen LogP contribution >= 0.6 is 11.6 Å². The summed E-state index contributed by atoms with van der Waals surface area (Å²) in [6.07, 6.45) is 0.797. The van der Waals surface area contributed by atoms with Crippen molar-refractivity contribution in [2.45, 2.75) is 19.4 Å². The van der Waals surface area contributed by atoms with Gasteiger partial charge in [0.1, 0.15) is 0 Å².